The summed E-state index contributed by atoms with van der Waals surface area (Å²) in [5.41, 5.74) is 1.50. The summed E-state index contributed by atoms with van der Waals surface area (Å²) in [4.78, 5) is 44.3. The van der Waals surface area contributed by atoms with Crippen molar-refractivity contribution in [3.8, 4) is 0 Å². The zero-order valence-corrected chi connectivity index (χ0v) is 15.4. The van der Waals surface area contributed by atoms with Gasteiger partial charge in [-0.25, -0.2) is 4.98 Å². The van der Waals surface area contributed by atoms with E-state index in [-0.39, 0.29) is 30.3 Å². The van der Waals surface area contributed by atoms with Crippen LogP contribution >= 0.6 is 0 Å². The zero-order chi connectivity index (χ0) is 19.6. The fraction of sp³-hybridized carbons (Fsp3) is 0.500. The van der Waals surface area contributed by atoms with E-state index in [0.29, 0.717) is 30.2 Å². The summed E-state index contributed by atoms with van der Waals surface area (Å²) < 4.78 is 1.39. The number of nitrogens with zero attached hydrogens (tertiary/aromatic N) is 4. The number of piperidine rings is 1. The van der Waals surface area contributed by atoms with Crippen molar-refractivity contribution in [2.24, 2.45) is 0 Å². The van der Waals surface area contributed by atoms with Gasteiger partial charge in [0.1, 0.15) is 12.4 Å². The Kier molecular flexibility index (Phi) is 5.38. The largest absolute Gasteiger partial charge is 0.480 e. The van der Waals surface area contributed by atoms with Crippen molar-refractivity contribution in [3.63, 3.8) is 0 Å². The van der Waals surface area contributed by atoms with Gasteiger partial charge < -0.3 is 15.0 Å². The second-order valence-corrected chi connectivity index (χ2v) is 6.90. The first kappa shape index (κ1) is 18.8. The highest BCUT2D eigenvalue weighted by atomic mass is 16.4. The first-order valence-electron chi connectivity index (χ1n) is 8.93. The predicted molar refractivity (Wildman–Crippen MR) is 96.5 cm³/mol. The van der Waals surface area contributed by atoms with Crippen molar-refractivity contribution in [2.45, 2.75) is 45.6 Å². The lowest BCUT2D eigenvalue weighted by atomic mass is 9.94. The van der Waals surface area contributed by atoms with E-state index in [0.717, 1.165) is 18.5 Å². The number of carboxylic acid groups (broad SMARTS) is 1. The summed E-state index contributed by atoms with van der Waals surface area (Å²) in [7, 11) is 0. The molecule has 1 atom stereocenters. The highest BCUT2D eigenvalue weighted by molar-refractivity contribution is 5.79. The molecule has 3 rings (SSSR count). The summed E-state index contributed by atoms with van der Waals surface area (Å²) in [6, 6.07) is 1.81. The number of H-pyrrole nitrogens is 1. The quantitative estimate of drug-likeness (QED) is 0.792. The second-order valence-electron chi connectivity index (χ2n) is 6.90. The Labute approximate surface area is 156 Å². The van der Waals surface area contributed by atoms with E-state index < -0.39 is 5.97 Å². The van der Waals surface area contributed by atoms with Gasteiger partial charge in [0.05, 0.1) is 12.1 Å². The lowest BCUT2D eigenvalue weighted by Gasteiger charge is -2.32. The summed E-state index contributed by atoms with van der Waals surface area (Å²) >= 11 is 0. The van der Waals surface area contributed by atoms with Crippen LogP contribution in [-0.4, -0.2) is 54.7 Å². The molecule has 0 aliphatic carbocycles. The molecule has 0 spiro atoms. The Balaban J connectivity index is 1.69. The van der Waals surface area contributed by atoms with Crippen LogP contribution in [-0.2, 0) is 22.6 Å². The molecule has 2 aromatic heterocycles. The Morgan fingerprint density at radius 2 is 2.15 bits per heavy atom. The number of carboxylic acids is 1. The van der Waals surface area contributed by atoms with Gasteiger partial charge in [-0.1, -0.05) is 0 Å². The molecule has 0 saturated carbocycles. The van der Waals surface area contributed by atoms with E-state index in [9.17, 15) is 14.4 Å². The average Bonchev–Trinajstić information content (AvgIpc) is 3.05. The van der Waals surface area contributed by atoms with Crippen molar-refractivity contribution in [1.29, 1.82) is 0 Å². The molecule has 1 saturated heterocycles. The molecule has 2 aromatic rings. The lowest BCUT2D eigenvalue weighted by Crippen LogP contribution is -2.41. The number of carbonyl (C=O) groups excluding carboxylic acids is 1. The van der Waals surface area contributed by atoms with Crippen molar-refractivity contribution in [3.05, 3.63) is 45.4 Å². The minimum atomic E-state index is -0.947. The van der Waals surface area contributed by atoms with Crippen molar-refractivity contribution in [2.75, 3.05) is 13.1 Å². The molecule has 27 heavy (non-hydrogen) atoms. The van der Waals surface area contributed by atoms with Crippen LogP contribution in [0.3, 0.4) is 0 Å². The minimum Gasteiger partial charge on any atom is -0.480 e. The van der Waals surface area contributed by atoms with E-state index in [4.69, 9.17) is 5.11 Å². The maximum absolute atomic E-state index is 12.7. The van der Waals surface area contributed by atoms with Gasteiger partial charge >= 0.3 is 5.97 Å². The van der Waals surface area contributed by atoms with Gasteiger partial charge in [0, 0.05) is 36.5 Å². The molecule has 3 heterocycles. The molecule has 0 aromatic carbocycles. The average molecular weight is 373 g/mol. The van der Waals surface area contributed by atoms with Crippen LogP contribution < -0.4 is 5.56 Å². The fourth-order valence-corrected chi connectivity index (χ4v) is 3.49. The van der Waals surface area contributed by atoms with Crippen LogP contribution in [0.15, 0.2) is 17.1 Å². The van der Waals surface area contributed by atoms with Crippen molar-refractivity contribution < 1.29 is 14.7 Å². The number of carbonyl (C=O) groups is 2. The number of aromatic amines is 1. The number of hydrogen-bond acceptors (Lipinski definition) is 5. The second kappa shape index (κ2) is 7.73. The van der Waals surface area contributed by atoms with Gasteiger partial charge in [-0.15, -0.1) is 0 Å². The number of amides is 1. The summed E-state index contributed by atoms with van der Waals surface area (Å²) in [6.45, 7) is 4.41. The Morgan fingerprint density at radius 1 is 1.37 bits per heavy atom. The molecule has 144 valence electrons. The summed E-state index contributed by atoms with van der Waals surface area (Å²) in [5.74, 6) is -0.460. The minimum absolute atomic E-state index is 0.0224. The lowest BCUT2D eigenvalue weighted by molar-refractivity contribution is -0.138. The first-order chi connectivity index (χ1) is 12.8. The third-order valence-corrected chi connectivity index (χ3v) is 4.82. The smallest absolute Gasteiger partial charge is 0.325 e. The predicted octanol–water partition coefficient (Wildman–Crippen LogP) is 0.617. The summed E-state index contributed by atoms with van der Waals surface area (Å²) in [6.07, 6.45) is 3.39. The van der Waals surface area contributed by atoms with Gasteiger partial charge in [-0.05, 0) is 32.8 Å². The van der Waals surface area contributed by atoms with E-state index in [1.54, 1.807) is 31.0 Å². The molecule has 9 nitrogen and oxygen atoms in total. The maximum Gasteiger partial charge on any atom is 0.325 e. The van der Waals surface area contributed by atoms with Crippen molar-refractivity contribution in [1.82, 2.24) is 24.6 Å². The topological polar surface area (TPSA) is 121 Å². The molecule has 1 fully saturated rings. The van der Waals surface area contributed by atoms with E-state index >= 15 is 0 Å². The van der Waals surface area contributed by atoms with Gasteiger partial charge in [0.15, 0.2) is 0 Å². The molecule has 0 radical (unpaired) electrons. The highest BCUT2D eigenvalue weighted by Crippen LogP contribution is 2.26. The van der Waals surface area contributed by atoms with E-state index in [1.807, 2.05) is 0 Å². The first-order valence-corrected chi connectivity index (χ1v) is 8.93. The van der Waals surface area contributed by atoms with Gasteiger partial charge in [-0.2, -0.15) is 5.10 Å². The van der Waals surface area contributed by atoms with Crippen LogP contribution in [0.5, 0.6) is 0 Å². The number of hydrogen-bond donors (Lipinski definition) is 2. The maximum atomic E-state index is 12.7. The number of nitrogens with one attached hydrogen (secondary N) is 1. The Bertz CT molecular complexity index is 917. The Hall–Kier alpha value is -2.97. The van der Waals surface area contributed by atoms with Gasteiger partial charge in [0.2, 0.25) is 5.91 Å². The molecular weight excluding hydrogens is 350 g/mol. The molecule has 2 N–H and O–H groups in total. The third-order valence-electron chi connectivity index (χ3n) is 4.82. The van der Waals surface area contributed by atoms with Crippen LogP contribution in [0.4, 0.5) is 0 Å². The molecular formula is C18H23N5O4. The fourth-order valence-electron chi connectivity index (χ4n) is 3.49. The molecule has 0 bridgehead atoms. The monoisotopic (exact) mass is 373 g/mol. The van der Waals surface area contributed by atoms with Gasteiger partial charge in [0.25, 0.3) is 5.56 Å². The molecule has 9 heteroatoms. The number of aliphatic carboxylic acids is 1. The zero-order valence-electron chi connectivity index (χ0n) is 15.4. The number of aryl methyl sites for hydroxylation is 2. The van der Waals surface area contributed by atoms with E-state index in [1.165, 1.54) is 4.68 Å². The van der Waals surface area contributed by atoms with Crippen LogP contribution in [0.1, 0.15) is 41.5 Å². The number of likely N-dealkylation sites (tertiary alicyclic amines) is 1. The number of aromatic nitrogens is 4. The highest BCUT2D eigenvalue weighted by Gasteiger charge is 2.27. The third kappa shape index (κ3) is 4.42. The van der Waals surface area contributed by atoms with Crippen LogP contribution in [0.25, 0.3) is 0 Å². The molecule has 1 amide bonds. The summed E-state index contributed by atoms with van der Waals surface area (Å²) in [5, 5.41) is 13.2. The normalized spacial score (nSPS) is 17.1. The van der Waals surface area contributed by atoms with Crippen molar-refractivity contribution >= 4 is 11.9 Å². The number of rotatable bonds is 5. The molecule has 0 unspecified atom stereocenters. The van der Waals surface area contributed by atoms with Crippen LogP contribution in [0.2, 0.25) is 0 Å². The standard InChI is InChI=1S/C18H23N5O4/c1-11-14(18(27)20-12(2)19-11)8-16(24)22-6-3-4-13(9-22)15-5-7-23(21-15)10-17(25)26/h5,7,13H,3-4,6,8-10H2,1-2H3,(H,25,26)(H,19,20,27)/t13-/m1/s1. The van der Waals surface area contributed by atoms with Gasteiger partial charge in [-0.3, -0.25) is 19.1 Å². The SMILES string of the molecule is Cc1nc(C)c(CC(=O)N2CCC[C@@H](c3ccn(CC(=O)O)n3)C2)c(=O)[nH]1. The molecule has 1 aliphatic heterocycles. The van der Waals surface area contributed by atoms with Crippen LogP contribution in [0, 0.1) is 13.8 Å². The van der Waals surface area contributed by atoms with E-state index in [2.05, 4.69) is 15.1 Å². The molecule has 1 aliphatic rings. The Morgan fingerprint density at radius 3 is 2.85 bits per heavy atom.